The predicted octanol–water partition coefficient (Wildman–Crippen LogP) is 4.14. The zero-order valence-corrected chi connectivity index (χ0v) is 12.3. The van der Waals surface area contributed by atoms with E-state index in [0.717, 1.165) is 24.8 Å². The van der Waals surface area contributed by atoms with Crippen LogP contribution in [0, 0.1) is 5.92 Å². The lowest BCUT2D eigenvalue weighted by Gasteiger charge is -2.28. The maximum Gasteiger partial charge on any atom is 0.119 e. The van der Waals surface area contributed by atoms with Crippen molar-refractivity contribution < 1.29 is 4.74 Å². The van der Waals surface area contributed by atoms with Crippen molar-refractivity contribution in [2.45, 2.75) is 58.6 Å². The summed E-state index contributed by atoms with van der Waals surface area (Å²) < 4.78 is 6.09. The molecule has 0 unspecified atom stereocenters. The van der Waals surface area contributed by atoms with E-state index >= 15 is 0 Å². The van der Waals surface area contributed by atoms with Crippen molar-refractivity contribution in [3.8, 4) is 5.75 Å². The van der Waals surface area contributed by atoms with Crippen LogP contribution in [-0.2, 0) is 6.54 Å². The Kier molecular flexibility index (Phi) is 5.71. The van der Waals surface area contributed by atoms with Crippen LogP contribution in [0.2, 0.25) is 0 Å². The van der Waals surface area contributed by atoms with Gasteiger partial charge in [0.25, 0.3) is 0 Å². The Morgan fingerprint density at radius 2 is 1.74 bits per heavy atom. The topological polar surface area (TPSA) is 21.3 Å². The molecule has 0 aliphatic heterocycles. The minimum Gasteiger partial charge on any atom is -0.490 e. The molecule has 2 heteroatoms. The third-order valence-electron chi connectivity index (χ3n) is 4.18. The van der Waals surface area contributed by atoms with Crippen LogP contribution < -0.4 is 10.1 Å². The summed E-state index contributed by atoms with van der Waals surface area (Å²) in [6.07, 6.45) is 6.86. The molecule has 1 aliphatic carbocycles. The van der Waals surface area contributed by atoms with Crippen LogP contribution in [0.1, 0.15) is 51.5 Å². The first kappa shape index (κ1) is 14.4. The molecule has 106 valence electrons. The first-order chi connectivity index (χ1) is 9.31. The summed E-state index contributed by atoms with van der Waals surface area (Å²) >= 11 is 0. The number of nitrogens with one attached hydrogen (secondary N) is 1. The van der Waals surface area contributed by atoms with Crippen molar-refractivity contribution in [3.05, 3.63) is 29.8 Å². The fraction of sp³-hybridized carbons (Fsp3) is 0.647. The summed E-state index contributed by atoms with van der Waals surface area (Å²) in [5.41, 5.74) is 1.32. The molecule has 2 rings (SSSR count). The van der Waals surface area contributed by atoms with Crippen molar-refractivity contribution in [3.63, 3.8) is 0 Å². The van der Waals surface area contributed by atoms with Gasteiger partial charge < -0.3 is 10.1 Å². The molecule has 1 N–H and O–H groups in total. The molecule has 1 aromatic carbocycles. The highest BCUT2D eigenvalue weighted by atomic mass is 16.5. The highest BCUT2D eigenvalue weighted by molar-refractivity contribution is 5.27. The summed E-state index contributed by atoms with van der Waals surface area (Å²) in [6.45, 7) is 6.39. The Balaban J connectivity index is 1.79. The van der Waals surface area contributed by atoms with E-state index in [1.165, 1.54) is 37.7 Å². The lowest BCUT2D eigenvalue weighted by atomic mass is 9.86. The molecule has 0 heterocycles. The second-order valence-corrected chi connectivity index (χ2v) is 5.59. The fourth-order valence-corrected chi connectivity index (χ4v) is 2.81. The summed E-state index contributed by atoms with van der Waals surface area (Å²) in [4.78, 5) is 0. The molecule has 0 saturated heterocycles. The summed E-state index contributed by atoms with van der Waals surface area (Å²) in [7, 11) is 0. The highest BCUT2D eigenvalue weighted by Gasteiger charge is 2.20. The quantitative estimate of drug-likeness (QED) is 0.831. The van der Waals surface area contributed by atoms with Gasteiger partial charge in [-0.1, -0.05) is 32.4 Å². The summed E-state index contributed by atoms with van der Waals surface area (Å²) in [5.74, 6) is 1.96. The third kappa shape index (κ3) is 4.54. The monoisotopic (exact) mass is 261 g/mol. The van der Waals surface area contributed by atoms with Gasteiger partial charge in [-0.3, -0.25) is 0 Å². The smallest absolute Gasteiger partial charge is 0.119 e. The molecule has 19 heavy (non-hydrogen) atoms. The predicted molar refractivity (Wildman–Crippen MR) is 80.5 cm³/mol. The molecular weight excluding hydrogens is 234 g/mol. The van der Waals surface area contributed by atoms with Crippen molar-refractivity contribution in [2.24, 2.45) is 5.92 Å². The average Bonchev–Trinajstić information content (AvgIpc) is 2.47. The van der Waals surface area contributed by atoms with Gasteiger partial charge in [0.2, 0.25) is 0 Å². The van der Waals surface area contributed by atoms with Gasteiger partial charge in [0.1, 0.15) is 5.75 Å². The van der Waals surface area contributed by atoms with E-state index in [1.54, 1.807) is 0 Å². The van der Waals surface area contributed by atoms with Gasteiger partial charge in [0.15, 0.2) is 0 Å². The van der Waals surface area contributed by atoms with E-state index in [9.17, 15) is 0 Å². The second-order valence-electron chi connectivity index (χ2n) is 5.59. The third-order valence-corrected chi connectivity index (χ3v) is 4.18. The van der Waals surface area contributed by atoms with Gasteiger partial charge in [-0.25, -0.2) is 0 Å². The van der Waals surface area contributed by atoms with Crippen LogP contribution in [0.25, 0.3) is 0 Å². The van der Waals surface area contributed by atoms with Crippen LogP contribution >= 0.6 is 0 Å². The Morgan fingerprint density at radius 3 is 2.32 bits per heavy atom. The first-order valence-electron chi connectivity index (χ1n) is 7.78. The van der Waals surface area contributed by atoms with Gasteiger partial charge in [-0.15, -0.1) is 0 Å². The minimum atomic E-state index is 0.433. The van der Waals surface area contributed by atoms with Gasteiger partial charge in [-0.2, -0.15) is 0 Å². The Morgan fingerprint density at radius 1 is 1.05 bits per heavy atom. The molecule has 1 aliphatic rings. The van der Waals surface area contributed by atoms with Crippen molar-refractivity contribution in [1.82, 2.24) is 5.32 Å². The van der Waals surface area contributed by atoms with E-state index < -0.39 is 0 Å². The second kappa shape index (κ2) is 7.54. The maximum absolute atomic E-state index is 6.09. The molecule has 0 bridgehead atoms. The molecule has 0 atom stereocenters. The molecule has 1 fully saturated rings. The molecular formula is C17H27NO. The Hall–Kier alpha value is -1.02. The molecule has 0 amide bonds. The normalized spacial score (nSPS) is 23.3. The Bertz CT molecular complexity index is 352. The largest absolute Gasteiger partial charge is 0.490 e. The number of hydrogen-bond acceptors (Lipinski definition) is 2. The molecule has 0 aromatic heterocycles. The minimum absolute atomic E-state index is 0.433. The van der Waals surface area contributed by atoms with Crippen LogP contribution in [0.3, 0.4) is 0 Å². The highest BCUT2D eigenvalue weighted by Crippen LogP contribution is 2.29. The molecule has 1 aromatic rings. The average molecular weight is 261 g/mol. The zero-order chi connectivity index (χ0) is 13.5. The zero-order valence-electron chi connectivity index (χ0n) is 12.3. The lowest BCUT2D eigenvalue weighted by molar-refractivity contribution is 0.130. The number of hydrogen-bond donors (Lipinski definition) is 1. The van der Waals surface area contributed by atoms with Crippen molar-refractivity contribution >= 4 is 0 Å². The summed E-state index contributed by atoms with van der Waals surface area (Å²) in [6, 6.07) is 8.54. The number of ether oxygens (including phenoxy) is 1. The lowest BCUT2D eigenvalue weighted by Crippen LogP contribution is -2.23. The van der Waals surface area contributed by atoms with Gasteiger partial charge in [0.05, 0.1) is 6.10 Å². The fourth-order valence-electron chi connectivity index (χ4n) is 2.81. The first-order valence-corrected chi connectivity index (χ1v) is 7.78. The van der Waals surface area contributed by atoms with E-state index in [0.29, 0.717) is 6.10 Å². The molecule has 0 radical (unpaired) electrons. The Labute approximate surface area is 117 Å². The standard InChI is InChI=1S/C17H27NO/c1-3-14-5-9-16(10-6-14)19-17-11-7-15(8-12-17)13-18-4-2/h7-8,11-12,14,16,18H,3-6,9-10,13H2,1-2H3. The van der Waals surface area contributed by atoms with Crippen LogP contribution in [-0.4, -0.2) is 12.6 Å². The van der Waals surface area contributed by atoms with E-state index in [1.807, 2.05) is 0 Å². The van der Waals surface area contributed by atoms with Crippen molar-refractivity contribution in [1.29, 1.82) is 0 Å². The van der Waals surface area contributed by atoms with Gasteiger partial charge in [0, 0.05) is 6.54 Å². The van der Waals surface area contributed by atoms with Gasteiger partial charge >= 0.3 is 0 Å². The van der Waals surface area contributed by atoms with E-state index in [-0.39, 0.29) is 0 Å². The van der Waals surface area contributed by atoms with Crippen LogP contribution in [0.4, 0.5) is 0 Å². The van der Waals surface area contributed by atoms with Gasteiger partial charge in [-0.05, 0) is 55.8 Å². The SMILES string of the molecule is CCNCc1ccc(OC2CCC(CC)CC2)cc1. The van der Waals surface area contributed by atoms with Crippen LogP contribution in [0.5, 0.6) is 5.75 Å². The molecule has 2 nitrogen and oxygen atoms in total. The van der Waals surface area contributed by atoms with Crippen LogP contribution in [0.15, 0.2) is 24.3 Å². The number of rotatable bonds is 6. The van der Waals surface area contributed by atoms with Crippen molar-refractivity contribution in [2.75, 3.05) is 6.54 Å². The number of benzene rings is 1. The van der Waals surface area contributed by atoms with E-state index in [2.05, 4.69) is 43.4 Å². The molecule has 1 saturated carbocycles. The summed E-state index contributed by atoms with van der Waals surface area (Å²) in [5, 5.41) is 3.34. The van der Waals surface area contributed by atoms with E-state index in [4.69, 9.17) is 4.74 Å². The maximum atomic E-state index is 6.09. The molecule has 0 spiro atoms.